The fourth-order valence-electron chi connectivity index (χ4n) is 2.82. The molecule has 0 atom stereocenters. The Morgan fingerprint density at radius 3 is 2.89 bits per heavy atom. The van der Waals surface area contributed by atoms with Gasteiger partial charge in [0, 0.05) is 11.6 Å². The van der Waals surface area contributed by atoms with Gasteiger partial charge in [0.25, 0.3) is 0 Å². The van der Waals surface area contributed by atoms with Crippen molar-refractivity contribution in [1.82, 2.24) is 9.55 Å². The van der Waals surface area contributed by atoms with Crippen LogP contribution in [0.15, 0.2) is 18.2 Å². The summed E-state index contributed by atoms with van der Waals surface area (Å²) < 4.78 is 3.05. The van der Waals surface area contributed by atoms with Crippen molar-refractivity contribution in [3.63, 3.8) is 0 Å². The van der Waals surface area contributed by atoms with Crippen LogP contribution in [-0.4, -0.2) is 9.55 Å². The monoisotopic (exact) mass is 280 g/mol. The molecular weight excluding hydrogens is 264 g/mol. The van der Waals surface area contributed by atoms with Crippen LogP contribution in [0.5, 0.6) is 0 Å². The SMILES string of the molecule is CCCC1(Cn2c(=S)[nH]c3cc(Cl)ccc32)CC1. The summed E-state index contributed by atoms with van der Waals surface area (Å²) in [6, 6.07) is 5.94. The molecule has 1 aliphatic rings. The van der Waals surface area contributed by atoms with Gasteiger partial charge in [-0.3, -0.25) is 0 Å². The number of imidazole rings is 1. The van der Waals surface area contributed by atoms with E-state index in [1.165, 1.54) is 31.2 Å². The first kappa shape index (κ1) is 12.2. The van der Waals surface area contributed by atoms with E-state index < -0.39 is 0 Å². The van der Waals surface area contributed by atoms with Gasteiger partial charge in [0.2, 0.25) is 0 Å². The molecule has 1 aliphatic carbocycles. The lowest BCUT2D eigenvalue weighted by Crippen LogP contribution is -2.11. The number of halogens is 1. The maximum atomic E-state index is 6.01. The molecule has 96 valence electrons. The largest absolute Gasteiger partial charge is 0.331 e. The van der Waals surface area contributed by atoms with E-state index in [1.54, 1.807) is 0 Å². The lowest BCUT2D eigenvalue weighted by atomic mass is 10.0. The van der Waals surface area contributed by atoms with Crippen LogP contribution in [0.4, 0.5) is 0 Å². The number of benzene rings is 1. The minimum absolute atomic E-state index is 0.502. The quantitative estimate of drug-likeness (QED) is 0.787. The Balaban J connectivity index is 2.01. The van der Waals surface area contributed by atoms with Crippen LogP contribution in [0.25, 0.3) is 11.0 Å². The van der Waals surface area contributed by atoms with Crippen LogP contribution in [0.2, 0.25) is 5.02 Å². The minimum Gasteiger partial charge on any atom is -0.331 e. The van der Waals surface area contributed by atoms with Crippen LogP contribution >= 0.6 is 23.8 Å². The molecule has 0 bridgehead atoms. The van der Waals surface area contributed by atoms with Crippen molar-refractivity contribution >= 4 is 34.9 Å². The normalized spacial score (nSPS) is 17.2. The average Bonchev–Trinajstić information content (AvgIpc) is 3.00. The molecule has 1 aromatic carbocycles. The van der Waals surface area contributed by atoms with Gasteiger partial charge in [0.05, 0.1) is 11.0 Å². The molecule has 0 radical (unpaired) electrons. The lowest BCUT2D eigenvalue weighted by Gasteiger charge is -2.15. The summed E-state index contributed by atoms with van der Waals surface area (Å²) in [6.07, 6.45) is 5.22. The molecule has 1 aromatic heterocycles. The molecule has 1 heterocycles. The smallest absolute Gasteiger partial charge is 0.178 e. The number of fused-ring (bicyclic) bond motifs is 1. The standard InChI is InChI=1S/C14H17ClN2S/c1-2-5-14(6-7-14)9-17-12-4-3-10(15)8-11(12)16-13(17)18/h3-4,8H,2,5-7,9H2,1H3,(H,16,18). The molecule has 0 spiro atoms. The number of H-pyrrole nitrogens is 1. The molecule has 18 heavy (non-hydrogen) atoms. The Bertz CT molecular complexity index is 637. The van der Waals surface area contributed by atoms with Crippen molar-refractivity contribution < 1.29 is 0 Å². The van der Waals surface area contributed by atoms with Crippen molar-refractivity contribution in [3.8, 4) is 0 Å². The van der Waals surface area contributed by atoms with Crippen molar-refractivity contribution in [2.75, 3.05) is 0 Å². The number of aromatic nitrogens is 2. The van der Waals surface area contributed by atoms with Gasteiger partial charge >= 0.3 is 0 Å². The first-order chi connectivity index (χ1) is 8.63. The third kappa shape index (κ3) is 2.10. The van der Waals surface area contributed by atoms with E-state index in [-0.39, 0.29) is 0 Å². The second-order valence-corrected chi connectivity index (χ2v) is 6.25. The summed E-state index contributed by atoms with van der Waals surface area (Å²) in [4.78, 5) is 3.25. The van der Waals surface area contributed by atoms with Gasteiger partial charge in [-0.15, -0.1) is 0 Å². The zero-order valence-electron chi connectivity index (χ0n) is 10.5. The summed E-state index contributed by atoms with van der Waals surface area (Å²) in [7, 11) is 0. The Morgan fingerprint density at radius 1 is 1.44 bits per heavy atom. The van der Waals surface area contributed by atoms with E-state index in [4.69, 9.17) is 23.8 Å². The highest BCUT2D eigenvalue weighted by atomic mass is 35.5. The van der Waals surface area contributed by atoms with Gasteiger partial charge in [-0.1, -0.05) is 24.9 Å². The Labute approximate surface area is 117 Å². The van der Waals surface area contributed by atoms with Gasteiger partial charge in [0.1, 0.15) is 0 Å². The van der Waals surface area contributed by atoms with Crippen LogP contribution < -0.4 is 0 Å². The zero-order valence-corrected chi connectivity index (χ0v) is 12.1. The van der Waals surface area contributed by atoms with Gasteiger partial charge in [0.15, 0.2) is 4.77 Å². The zero-order chi connectivity index (χ0) is 12.8. The number of hydrogen-bond acceptors (Lipinski definition) is 1. The van der Waals surface area contributed by atoms with Gasteiger partial charge in [-0.2, -0.15) is 0 Å². The van der Waals surface area contributed by atoms with Crippen molar-refractivity contribution in [1.29, 1.82) is 0 Å². The molecule has 1 saturated carbocycles. The molecule has 0 saturated heterocycles. The highest BCUT2D eigenvalue weighted by Crippen LogP contribution is 2.51. The number of rotatable bonds is 4. The highest BCUT2D eigenvalue weighted by Gasteiger charge is 2.42. The molecule has 0 amide bonds. The number of nitrogens with zero attached hydrogens (tertiary/aromatic N) is 1. The number of aromatic amines is 1. The number of hydrogen-bond donors (Lipinski definition) is 1. The summed E-state index contributed by atoms with van der Waals surface area (Å²) in [5.74, 6) is 0. The molecule has 1 fully saturated rings. The molecule has 2 aromatic rings. The third-order valence-corrected chi connectivity index (χ3v) is 4.52. The van der Waals surface area contributed by atoms with Crippen LogP contribution in [-0.2, 0) is 6.54 Å². The second kappa shape index (κ2) is 4.39. The van der Waals surface area contributed by atoms with Crippen molar-refractivity contribution in [2.45, 2.75) is 39.2 Å². The van der Waals surface area contributed by atoms with Crippen LogP contribution in [0, 0.1) is 10.2 Å². The average molecular weight is 281 g/mol. The van der Waals surface area contributed by atoms with Crippen LogP contribution in [0.3, 0.4) is 0 Å². The summed E-state index contributed by atoms with van der Waals surface area (Å²) in [5, 5.41) is 0.751. The molecule has 3 rings (SSSR count). The number of nitrogens with one attached hydrogen (secondary N) is 1. The van der Waals surface area contributed by atoms with E-state index in [1.807, 2.05) is 12.1 Å². The van der Waals surface area contributed by atoms with Gasteiger partial charge in [-0.25, -0.2) is 0 Å². The minimum atomic E-state index is 0.502. The summed E-state index contributed by atoms with van der Waals surface area (Å²) >= 11 is 11.5. The topological polar surface area (TPSA) is 20.7 Å². The Hall–Kier alpha value is -0.800. The van der Waals surface area contributed by atoms with Crippen LogP contribution in [0.1, 0.15) is 32.6 Å². The Morgan fingerprint density at radius 2 is 2.22 bits per heavy atom. The molecular formula is C14H17ClN2S. The predicted octanol–water partition coefficient (Wildman–Crippen LogP) is 4.93. The predicted molar refractivity (Wildman–Crippen MR) is 78.7 cm³/mol. The molecule has 2 nitrogen and oxygen atoms in total. The van der Waals surface area contributed by atoms with E-state index in [0.717, 1.165) is 21.9 Å². The molecule has 1 N–H and O–H groups in total. The van der Waals surface area contributed by atoms with Crippen molar-refractivity contribution in [2.24, 2.45) is 5.41 Å². The molecule has 0 unspecified atom stereocenters. The first-order valence-electron chi connectivity index (χ1n) is 6.52. The second-order valence-electron chi connectivity index (χ2n) is 5.43. The van der Waals surface area contributed by atoms with E-state index in [9.17, 15) is 0 Å². The lowest BCUT2D eigenvalue weighted by molar-refractivity contribution is 0.391. The fraction of sp³-hybridized carbons (Fsp3) is 0.500. The third-order valence-electron chi connectivity index (χ3n) is 3.97. The first-order valence-corrected chi connectivity index (χ1v) is 7.30. The summed E-state index contributed by atoms with van der Waals surface area (Å²) in [5.41, 5.74) is 2.72. The maximum Gasteiger partial charge on any atom is 0.178 e. The van der Waals surface area contributed by atoms with E-state index in [0.29, 0.717) is 5.41 Å². The van der Waals surface area contributed by atoms with Crippen molar-refractivity contribution in [3.05, 3.63) is 28.0 Å². The maximum absolute atomic E-state index is 6.01. The summed E-state index contributed by atoms with van der Waals surface area (Å²) in [6.45, 7) is 3.30. The Kier molecular flexibility index (Phi) is 2.99. The highest BCUT2D eigenvalue weighted by molar-refractivity contribution is 7.71. The van der Waals surface area contributed by atoms with E-state index in [2.05, 4.69) is 22.5 Å². The fourth-order valence-corrected chi connectivity index (χ4v) is 3.27. The van der Waals surface area contributed by atoms with Gasteiger partial charge < -0.3 is 9.55 Å². The molecule has 4 heteroatoms. The van der Waals surface area contributed by atoms with E-state index >= 15 is 0 Å². The van der Waals surface area contributed by atoms with Gasteiger partial charge in [-0.05, 0) is 55.1 Å². The molecule has 0 aliphatic heterocycles.